The quantitative estimate of drug-likeness (QED) is 0.796. The molecule has 0 radical (unpaired) electrons. The van der Waals surface area contributed by atoms with Crippen molar-refractivity contribution in [1.29, 1.82) is 0 Å². The highest BCUT2D eigenvalue weighted by Crippen LogP contribution is 2.24. The van der Waals surface area contributed by atoms with Gasteiger partial charge >= 0.3 is 0 Å². The van der Waals surface area contributed by atoms with Gasteiger partial charge in [0.1, 0.15) is 5.82 Å². The summed E-state index contributed by atoms with van der Waals surface area (Å²) in [6.07, 6.45) is 0. The molecule has 3 aromatic rings. The number of hydrogen-bond donors (Lipinski definition) is 1. The number of fused-ring (bicyclic) bond motifs is 1. The predicted octanol–water partition coefficient (Wildman–Crippen LogP) is 3.25. The topological polar surface area (TPSA) is 33.1 Å². The molecule has 0 bridgehead atoms. The molecule has 1 heterocycles. The van der Waals surface area contributed by atoms with Gasteiger partial charge in [0.15, 0.2) is 0 Å². The number of imidazole rings is 1. The Labute approximate surface area is 125 Å². The van der Waals surface area contributed by atoms with E-state index in [9.17, 15) is 0 Å². The molecule has 3 rings (SSSR count). The van der Waals surface area contributed by atoms with Gasteiger partial charge in [0.2, 0.25) is 0 Å². The van der Waals surface area contributed by atoms with E-state index in [1.54, 1.807) is 0 Å². The molecule has 4 heteroatoms. The number of hydrogen-bond acceptors (Lipinski definition) is 3. The average Bonchev–Trinajstić information content (AvgIpc) is 2.82. The first kappa shape index (κ1) is 13.5. The van der Waals surface area contributed by atoms with E-state index in [0.717, 1.165) is 22.5 Å². The highest BCUT2D eigenvalue weighted by molar-refractivity contribution is 5.76. The summed E-state index contributed by atoms with van der Waals surface area (Å²) < 4.78 is 2.14. The standard InChI is InChI=1S/C17H20N4/c1-20(2)15-10-6-4-8-13(15)18-12-17-19-14-9-5-7-11-16(14)21(17)3/h4-11,18H,12H2,1-3H3. The van der Waals surface area contributed by atoms with E-state index in [-0.39, 0.29) is 0 Å². The molecule has 0 aliphatic heterocycles. The lowest BCUT2D eigenvalue weighted by Crippen LogP contribution is -2.13. The van der Waals surface area contributed by atoms with Crippen LogP contribution in [0.3, 0.4) is 0 Å². The minimum absolute atomic E-state index is 0.704. The van der Waals surface area contributed by atoms with Gasteiger partial charge < -0.3 is 14.8 Å². The molecule has 0 aliphatic rings. The monoisotopic (exact) mass is 280 g/mol. The first-order valence-electron chi connectivity index (χ1n) is 7.07. The van der Waals surface area contributed by atoms with Crippen LogP contribution >= 0.6 is 0 Å². The van der Waals surface area contributed by atoms with Crippen LogP contribution in [0.1, 0.15) is 5.82 Å². The summed E-state index contributed by atoms with van der Waals surface area (Å²) in [5, 5.41) is 3.49. The third-order valence-electron chi connectivity index (χ3n) is 3.70. The number of rotatable bonds is 4. The van der Waals surface area contributed by atoms with Crippen LogP contribution in [0.15, 0.2) is 48.5 Å². The number of aromatic nitrogens is 2. The fraction of sp³-hybridized carbons (Fsp3) is 0.235. The average molecular weight is 280 g/mol. The maximum atomic E-state index is 4.69. The molecule has 108 valence electrons. The van der Waals surface area contributed by atoms with Crippen molar-refractivity contribution in [2.45, 2.75) is 6.54 Å². The van der Waals surface area contributed by atoms with Crippen LogP contribution in [-0.4, -0.2) is 23.6 Å². The Bertz CT molecular complexity index is 758. The summed E-state index contributed by atoms with van der Waals surface area (Å²) in [4.78, 5) is 6.80. The fourth-order valence-electron chi connectivity index (χ4n) is 2.54. The van der Waals surface area contributed by atoms with Crippen LogP contribution in [0.5, 0.6) is 0 Å². The Balaban J connectivity index is 1.85. The number of benzene rings is 2. The lowest BCUT2D eigenvalue weighted by molar-refractivity contribution is 0.834. The molecule has 0 spiro atoms. The molecule has 0 unspecified atom stereocenters. The van der Waals surface area contributed by atoms with E-state index in [0.29, 0.717) is 6.54 Å². The lowest BCUT2D eigenvalue weighted by atomic mass is 10.2. The van der Waals surface area contributed by atoms with Gasteiger partial charge in [-0.2, -0.15) is 0 Å². The molecule has 0 atom stereocenters. The first-order chi connectivity index (χ1) is 10.2. The van der Waals surface area contributed by atoms with E-state index in [4.69, 9.17) is 0 Å². The summed E-state index contributed by atoms with van der Waals surface area (Å²) in [5.74, 6) is 1.03. The van der Waals surface area contributed by atoms with Crippen molar-refractivity contribution in [3.63, 3.8) is 0 Å². The Kier molecular flexibility index (Phi) is 3.52. The number of nitrogens with zero attached hydrogens (tertiary/aromatic N) is 3. The molecule has 4 nitrogen and oxygen atoms in total. The Morgan fingerprint density at radius 1 is 1.05 bits per heavy atom. The molecular weight excluding hydrogens is 260 g/mol. The third-order valence-corrected chi connectivity index (χ3v) is 3.70. The number of anilines is 2. The van der Waals surface area contributed by atoms with Gasteiger partial charge in [-0.05, 0) is 24.3 Å². The summed E-state index contributed by atoms with van der Waals surface area (Å²) in [7, 11) is 6.16. The zero-order chi connectivity index (χ0) is 14.8. The smallest absolute Gasteiger partial charge is 0.128 e. The normalized spacial score (nSPS) is 10.8. The second-order valence-corrected chi connectivity index (χ2v) is 5.34. The SMILES string of the molecule is CN(C)c1ccccc1NCc1nc2ccccc2n1C. The Hall–Kier alpha value is -2.49. The fourth-order valence-corrected chi connectivity index (χ4v) is 2.54. The Morgan fingerprint density at radius 2 is 1.76 bits per heavy atom. The van der Waals surface area contributed by atoms with Gasteiger partial charge in [-0.1, -0.05) is 24.3 Å². The largest absolute Gasteiger partial charge is 0.376 e. The minimum atomic E-state index is 0.704. The van der Waals surface area contributed by atoms with Crippen LogP contribution in [0.2, 0.25) is 0 Å². The van der Waals surface area contributed by atoms with Gasteiger partial charge in [-0.25, -0.2) is 4.98 Å². The molecule has 2 aromatic carbocycles. The molecular formula is C17H20N4. The number of aryl methyl sites for hydroxylation is 1. The van der Waals surface area contributed by atoms with Crippen molar-refractivity contribution in [2.24, 2.45) is 7.05 Å². The lowest BCUT2D eigenvalue weighted by Gasteiger charge is -2.18. The Morgan fingerprint density at radius 3 is 2.52 bits per heavy atom. The first-order valence-corrected chi connectivity index (χ1v) is 7.07. The summed E-state index contributed by atoms with van der Waals surface area (Å²) in [6.45, 7) is 0.704. The van der Waals surface area contributed by atoms with Crippen LogP contribution in [-0.2, 0) is 13.6 Å². The zero-order valence-electron chi connectivity index (χ0n) is 12.7. The highest BCUT2D eigenvalue weighted by Gasteiger charge is 2.08. The minimum Gasteiger partial charge on any atom is -0.376 e. The van der Waals surface area contributed by atoms with E-state index in [1.165, 1.54) is 5.69 Å². The van der Waals surface area contributed by atoms with Gasteiger partial charge in [0.05, 0.1) is 29.0 Å². The highest BCUT2D eigenvalue weighted by atomic mass is 15.1. The second kappa shape index (κ2) is 5.48. The number of para-hydroxylation sites is 4. The van der Waals surface area contributed by atoms with Crippen LogP contribution in [0.25, 0.3) is 11.0 Å². The maximum Gasteiger partial charge on any atom is 0.128 e. The molecule has 1 N–H and O–H groups in total. The molecule has 0 saturated carbocycles. The van der Waals surface area contributed by atoms with Gasteiger partial charge in [-0.15, -0.1) is 0 Å². The molecule has 21 heavy (non-hydrogen) atoms. The van der Waals surface area contributed by atoms with Crippen LogP contribution in [0.4, 0.5) is 11.4 Å². The van der Waals surface area contributed by atoms with Gasteiger partial charge in [0, 0.05) is 21.1 Å². The predicted molar refractivity (Wildman–Crippen MR) is 88.8 cm³/mol. The summed E-state index contributed by atoms with van der Waals surface area (Å²) in [5.41, 5.74) is 4.50. The van der Waals surface area contributed by atoms with Crippen LogP contribution < -0.4 is 10.2 Å². The van der Waals surface area contributed by atoms with Crippen molar-refractivity contribution in [1.82, 2.24) is 9.55 Å². The van der Waals surface area contributed by atoms with Crippen molar-refractivity contribution in [2.75, 3.05) is 24.3 Å². The number of nitrogens with one attached hydrogen (secondary N) is 1. The third kappa shape index (κ3) is 2.57. The summed E-state index contributed by atoms with van der Waals surface area (Å²) >= 11 is 0. The van der Waals surface area contributed by atoms with E-state index in [1.807, 2.05) is 24.3 Å². The summed E-state index contributed by atoms with van der Waals surface area (Å²) in [6, 6.07) is 16.5. The van der Waals surface area contributed by atoms with E-state index in [2.05, 4.69) is 65.2 Å². The van der Waals surface area contributed by atoms with Crippen molar-refractivity contribution in [3.8, 4) is 0 Å². The molecule has 0 saturated heterocycles. The van der Waals surface area contributed by atoms with E-state index < -0.39 is 0 Å². The van der Waals surface area contributed by atoms with Crippen molar-refractivity contribution < 1.29 is 0 Å². The van der Waals surface area contributed by atoms with E-state index >= 15 is 0 Å². The van der Waals surface area contributed by atoms with Gasteiger partial charge in [0.25, 0.3) is 0 Å². The zero-order valence-corrected chi connectivity index (χ0v) is 12.7. The van der Waals surface area contributed by atoms with Crippen molar-refractivity contribution >= 4 is 22.4 Å². The molecule has 0 amide bonds. The second-order valence-electron chi connectivity index (χ2n) is 5.34. The molecule has 0 aliphatic carbocycles. The van der Waals surface area contributed by atoms with Gasteiger partial charge in [-0.3, -0.25) is 0 Å². The maximum absolute atomic E-state index is 4.69. The molecule has 1 aromatic heterocycles. The van der Waals surface area contributed by atoms with Crippen LogP contribution in [0, 0.1) is 0 Å². The van der Waals surface area contributed by atoms with Crippen molar-refractivity contribution in [3.05, 3.63) is 54.4 Å². The molecule has 0 fully saturated rings.